The van der Waals surface area contributed by atoms with Gasteiger partial charge in [-0.15, -0.1) is 0 Å². The molecule has 0 saturated heterocycles. The Morgan fingerprint density at radius 1 is 1.07 bits per heavy atom. The highest BCUT2D eigenvalue weighted by Crippen LogP contribution is 1.99. The van der Waals surface area contributed by atoms with Crippen LogP contribution in [0.25, 0.3) is 0 Å². The van der Waals surface area contributed by atoms with Gasteiger partial charge in [0.05, 0.1) is 0 Å². The smallest absolute Gasteiger partial charge is 0.0488 e. The van der Waals surface area contributed by atoms with E-state index < -0.39 is 0 Å². The molecule has 0 fully saturated rings. The summed E-state index contributed by atoms with van der Waals surface area (Å²) in [6, 6.07) is 0. The van der Waals surface area contributed by atoms with E-state index in [0.717, 1.165) is 32.8 Å². The van der Waals surface area contributed by atoms with Crippen molar-refractivity contribution in [2.45, 2.75) is 26.7 Å². The van der Waals surface area contributed by atoms with E-state index in [1.54, 1.807) is 7.11 Å². The summed E-state index contributed by atoms with van der Waals surface area (Å²) < 4.78 is 5.07. The Balaban J connectivity index is 2.98. The highest BCUT2D eigenvalue weighted by atomic mass is 16.5. The molecule has 0 aromatic heterocycles. The molecule has 1 atom stereocenters. The summed E-state index contributed by atoms with van der Waals surface area (Å²) in [5, 5.41) is 6.78. The van der Waals surface area contributed by atoms with E-state index in [1.807, 2.05) is 0 Å². The van der Waals surface area contributed by atoms with Crippen LogP contribution in [0.5, 0.6) is 0 Å². The molecule has 86 valence electrons. The molecule has 0 aliphatic carbocycles. The first-order chi connectivity index (χ1) is 6.81. The predicted molar refractivity (Wildman–Crippen MR) is 61.7 cm³/mol. The van der Waals surface area contributed by atoms with E-state index in [1.165, 1.54) is 12.8 Å². The van der Waals surface area contributed by atoms with E-state index in [2.05, 4.69) is 24.5 Å². The minimum Gasteiger partial charge on any atom is -0.384 e. The molecule has 0 aromatic rings. The monoisotopic (exact) mass is 202 g/mol. The van der Waals surface area contributed by atoms with Gasteiger partial charge in [0, 0.05) is 26.8 Å². The molecule has 1 unspecified atom stereocenters. The summed E-state index contributed by atoms with van der Waals surface area (Å²) in [5.74, 6) is 0.663. The van der Waals surface area contributed by atoms with Crippen LogP contribution < -0.4 is 10.6 Å². The zero-order valence-electron chi connectivity index (χ0n) is 9.94. The van der Waals surface area contributed by atoms with Gasteiger partial charge in [-0.2, -0.15) is 0 Å². The molecule has 0 amide bonds. The lowest BCUT2D eigenvalue weighted by Crippen LogP contribution is -2.29. The predicted octanol–water partition coefficient (Wildman–Crippen LogP) is 1.25. The lowest BCUT2D eigenvalue weighted by atomic mass is 10.1. The Morgan fingerprint density at radius 3 is 2.29 bits per heavy atom. The molecular weight excluding hydrogens is 176 g/mol. The standard InChI is InChI=1S/C11H26N2O/c1-4-6-12-8-9-13-7-5-11(2)10-14-3/h11-13H,4-10H2,1-3H3. The van der Waals surface area contributed by atoms with E-state index in [0.29, 0.717) is 5.92 Å². The van der Waals surface area contributed by atoms with Crippen molar-refractivity contribution in [2.75, 3.05) is 39.9 Å². The lowest BCUT2D eigenvalue weighted by Gasteiger charge is -2.10. The molecule has 0 aliphatic heterocycles. The van der Waals surface area contributed by atoms with Gasteiger partial charge in [0.15, 0.2) is 0 Å². The molecule has 3 nitrogen and oxygen atoms in total. The molecule has 0 saturated carbocycles. The molecule has 0 rings (SSSR count). The molecule has 0 bridgehead atoms. The zero-order valence-corrected chi connectivity index (χ0v) is 9.94. The molecule has 0 radical (unpaired) electrons. The Morgan fingerprint density at radius 2 is 1.71 bits per heavy atom. The summed E-state index contributed by atoms with van der Waals surface area (Å²) in [6.45, 7) is 9.65. The van der Waals surface area contributed by atoms with E-state index >= 15 is 0 Å². The number of methoxy groups -OCH3 is 1. The maximum Gasteiger partial charge on any atom is 0.0488 e. The first-order valence-electron chi connectivity index (χ1n) is 5.71. The van der Waals surface area contributed by atoms with Crippen LogP contribution in [0.15, 0.2) is 0 Å². The third kappa shape index (κ3) is 9.96. The maximum atomic E-state index is 5.07. The second-order valence-electron chi connectivity index (χ2n) is 3.85. The zero-order chi connectivity index (χ0) is 10.6. The number of ether oxygens (including phenoxy) is 1. The molecule has 0 aromatic carbocycles. The van der Waals surface area contributed by atoms with Crippen LogP contribution in [0.4, 0.5) is 0 Å². The molecule has 3 heteroatoms. The fourth-order valence-electron chi connectivity index (χ4n) is 1.32. The highest BCUT2D eigenvalue weighted by Gasteiger charge is 1.99. The summed E-state index contributed by atoms with van der Waals surface area (Å²) in [6.07, 6.45) is 2.41. The molecule has 14 heavy (non-hydrogen) atoms. The van der Waals surface area contributed by atoms with Gasteiger partial charge >= 0.3 is 0 Å². The van der Waals surface area contributed by atoms with Gasteiger partial charge in [-0.1, -0.05) is 13.8 Å². The maximum absolute atomic E-state index is 5.07. The summed E-state index contributed by atoms with van der Waals surface area (Å²) in [7, 11) is 1.76. The summed E-state index contributed by atoms with van der Waals surface area (Å²) >= 11 is 0. The average Bonchev–Trinajstić information content (AvgIpc) is 2.17. The lowest BCUT2D eigenvalue weighted by molar-refractivity contribution is 0.155. The van der Waals surface area contributed by atoms with Crippen LogP contribution in [0.2, 0.25) is 0 Å². The van der Waals surface area contributed by atoms with E-state index in [-0.39, 0.29) is 0 Å². The van der Waals surface area contributed by atoms with E-state index in [9.17, 15) is 0 Å². The van der Waals surface area contributed by atoms with Crippen LogP contribution in [0.1, 0.15) is 26.7 Å². The quantitative estimate of drug-likeness (QED) is 0.523. The van der Waals surface area contributed by atoms with Crippen molar-refractivity contribution in [1.29, 1.82) is 0 Å². The molecular formula is C11H26N2O. The number of hydrogen-bond acceptors (Lipinski definition) is 3. The van der Waals surface area contributed by atoms with Crippen molar-refractivity contribution in [3.05, 3.63) is 0 Å². The minimum absolute atomic E-state index is 0.663. The van der Waals surface area contributed by atoms with Crippen LogP contribution in [-0.2, 0) is 4.74 Å². The Bertz CT molecular complexity index is 109. The van der Waals surface area contributed by atoms with Crippen molar-refractivity contribution in [1.82, 2.24) is 10.6 Å². The van der Waals surface area contributed by atoms with Crippen LogP contribution in [0, 0.1) is 5.92 Å². The molecule has 0 aliphatic rings. The fourth-order valence-corrected chi connectivity index (χ4v) is 1.32. The van der Waals surface area contributed by atoms with Gasteiger partial charge in [0.2, 0.25) is 0 Å². The van der Waals surface area contributed by atoms with Crippen LogP contribution >= 0.6 is 0 Å². The SMILES string of the molecule is CCCNCCNCCC(C)COC. The third-order valence-electron chi connectivity index (χ3n) is 2.17. The van der Waals surface area contributed by atoms with Gasteiger partial charge in [0.1, 0.15) is 0 Å². The third-order valence-corrected chi connectivity index (χ3v) is 2.17. The van der Waals surface area contributed by atoms with Crippen molar-refractivity contribution >= 4 is 0 Å². The highest BCUT2D eigenvalue weighted by molar-refractivity contribution is 4.56. The normalized spacial score (nSPS) is 13.1. The minimum atomic E-state index is 0.663. The summed E-state index contributed by atoms with van der Waals surface area (Å²) in [4.78, 5) is 0. The fraction of sp³-hybridized carbons (Fsp3) is 1.00. The second-order valence-corrected chi connectivity index (χ2v) is 3.85. The molecule has 0 spiro atoms. The topological polar surface area (TPSA) is 33.3 Å². The van der Waals surface area contributed by atoms with Crippen LogP contribution in [0.3, 0.4) is 0 Å². The summed E-state index contributed by atoms with van der Waals surface area (Å²) in [5.41, 5.74) is 0. The molecule has 0 heterocycles. The van der Waals surface area contributed by atoms with Gasteiger partial charge in [0.25, 0.3) is 0 Å². The number of nitrogens with one attached hydrogen (secondary N) is 2. The first-order valence-corrected chi connectivity index (χ1v) is 5.71. The van der Waals surface area contributed by atoms with Gasteiger partial charge < -0.3 is 15.4 Å². The second kappa shape index (κ2) is 11.0. The van der Waals surface area contributed by atoms with Crippen molar-refractivity contribution in [2.24, 2.45) is 5.92 Å². The van der Waals surface area contributed by atoms with Crippen molar-refractivity contribution in [3.63, 3.8) is 0 Å². The van der Waals surface area contributed by atoms with Crippen molar-refractivity contribution < 1.29 is 4.74 Å². The molecule has 2 N–H and O–H groups in total. The average molecular weight is 202 g/mol. The van der Waals surface area contributed by atoms with Crippen LogP contribution in [-0.4, -0.2) is 39.9 Å². The van der Waals surface area contributed by atoms with E-state index in [4.69, 9.17) is 4.74 Å². The Labute approximate surface area is 88.6 Å². The number of hydrogen-bond donors (Lipinski definition) is 2. The first kappa shape index (κ1) is 13.9. The van der Waals surface area contributed by atoms with Crippen molar-refractivity contribution in [3.8, 4) is 0 Å². The largest absolute Gasteiger partial charge is 0.384 e. The van der Waals surface area contributed by atoms with Gasteiger partial charge in [-0.25, -0.2) is 0 Å². The number of rotatable bonds is 10. The van der Waals surface area contributed by atoms with Gasteiger partial charge in [-0.3, -0.25) is 0 Å². The Kier molecular flexibility index (Phi) is 10.9. The Hall–Kier alpha value is -0.120. The van der Waals surface area contributed by atoms with Gasteiger partial charge in [-0.05, 0) is 31.8 Å².